The summed E-state index contributed by atoms with van der Waals surface area (Å²) in [5, 5.41) is 8.57. The SMILES string of the molecule is COCCCC(=O)N1CCN(C(=O)C(=O)O)CC1. The van der Waals surface area contributed by atoms with Crippen molar-refractivity contribution >= 4 is 17.8 Å². The lowest BCUT2D eigenvalue weighted by Gasteiger charge is -2.33. The summed E-state index contributed by atoms with van der Waals surface area (Å²) in [4.78, 5) is 36.3. The Hall–Kier alpha value is -1.63. The summed E-state index contributed by atoms with van der Waals surface area (Å²) in [6.07, 6.45) is 1.09. The molecule has 18 heavy (non-hydrogen) atoms. The molecule has 1 aliphatic rings. The fourth-order valence-corrected chi connectivity index (χ4v) is 1.82. The number of carbonyl (C=O) groups excluding carboxylic acids is 2. The van der Waals surface area contributed by atoms with Crippen LogP contribution in [0.25, 0.3) is 0 Å². The van der Waals surface area contributed by atoms with Crippen LogP contribution in [-0.2, 0) is 19.1 Å². The smallest absolute Gasteiger partial charge is 0.394 e. The predicted octanol–water partition coefficient (Wildman–Crippen LogP) is -0.832. The van der Waals surface area contributed by atoms with Gasteiger partial charge in [0.1, 0.15) is 0 Å². The molecule has 1 N–H and O–H groups in total. The Balaban J connectivity index is 2.32. The molecule has 1 aliphatic heterocycles. The van der Waals surface area contributed by atoms with Crippen LogP contribution in [0.5, 0.6) is 0 Å². The molecule has 1 rings (SSSR count). The quantitative estimate of drug-likeness (QED) is 0.525. The van der Waals surface area contributed by atoms with Gasteiger partial charge < -0.3 is 19.6 Å². The van der Waals surface area contributed by atoms with Crippen molar-refractivity contribution in [2.75, 3.05) is 39.9 Å². The summed E-state index contributed by atoms with van der Waals surface area (Å²) in [7, 11) is 1.58. The maximum absolute atomic E-state index is 11.7. The summed E-state index contributed by atoms with van der Waals surface area (Å²) in [5.41, 5.74) is 0. The van der Waals surface area contributed by atoms with Crippen LogP contribution in [0.2, 0.25) is 0 Å². The Morgan fingerprint density at radius 3 is 2.17 bits per heavy atom. The number of carbonyl (C=O) groups is 3. The molecule has 0 aromatic carbocycles. The number of nitrogens with zero attached hydrogens (tertiary/aromatic N) is 2. The summed E-state index contributed by atoms with van der Waals surface area (Å²) in [6, 6.07) is 0. The van der Waals surface area contributed by atoms with Gasteiger partial charge in [-0.1, -0.05) is 0 Å². The van der Waals surface area contributed by atoms with Gasteiger partial charge in [0.15, 0.2) is 0 Å². The highest BCUT2D eigenvalue weighted by atomic mass is 16.5. The average Bonchev–Trinajstić information content (AvgIpc) is 2.38. The maximum Gasteiger partial charge on any atom is 0.394 e. The number of aliphatic carboxylic acids is 1. The Kier molecular flexibility index (Phi) is 5.57. The molecule has 0 aliphatic carbocycles. The summed E-state index contributed by atoms with van der Waals surface area (Å²) in [6.45, 7) is 1.89. The van der Waals surface area contributed by atoms with E-state index in [4.69, 9.17) is 9.84 Å². The fraction of sp³-hybridized carbons (Fsp3) is 0.727. The normalized spacial score (nSPS) is 15.6. The number of ether oxygens (including phenoxy) is 1. The Bertz CT molecular complexity index is 323. The molecule has 0 aromatic heterocycles. The van der Waals surface area contributed by atoms with E-state index < -0.39 is 11.9 Å². The van der Waals surface area contributed by atoms with Crippen molar-refractivity contribution in [2.45, 2.75) is 12.8 Å². The molecule has 2 amide bonds. The largest absolute Gasteiger partial charge is 0.474 e. The zero-order valence-electron chi connectivity index (χ0n) is 10.4. The lowest BCUT2D eigenvalue weighted by molar-refractivity contribution is -0.157. The molecule has 0 aromatic rings. The van der Waals surface area contributed by atoms with Crippen LogP contribution < -0.4 is 0 Å². The highest BCUT2D eigenvalue weighted by Gasteiger charge is 2.27. The molecule has 0 radical (unpaired) electrons. The summed E-state index contributed by atoms with van der Waals surface area (Å²) < 4.78 is 4.87. The van der Waals surface area contributed by atoms with Gasteiger partial charge in [0.25, 0.3) is 0 Å². The molecule has 0 spiro atoms. The first-order chi connectivity index (χ1) is 8.56. The molecule has 0 unspecified atom stereocenters. The first-order valence-electron chi connectivity index (χ1n) is 5.85. The van der Waals surface area contributed by atoms with E-state index in [9.17, 15) is 14.4 Å². The number of piperazine rings is 1. The highest BCUT2D eigenvalue weighted by Crippen LogP contribution is 2.05. The van der Waals surface area contributed by atoms with Crippen LogP contribution in [0.4, 0.5) is 0 Å². The van der Waals surface area contributed by atoms with E-state index in [2.05, 4.69) is 0 Å². The molecule has 1 saturated heterocycles. The summed E-state index contributed by atoms with van der Waals surface area (Å²) >= 11 is 0. The second-order valence-electron chi connectivity index (χ2n) is 4.07. The molecule has 102 valence electrons. The van der Waals surface area contributed by atoms with Crippen LogP contribution in [-0.4, -0.2) is 72.6 Å². The molecule has 0 bridgehead atoms. The number of hydrogen-bond acceptors (Lipinski definition) is 4. The minimum absolute atomic E-state index is 0.0227. The second kappa shape index (κ2) is 6.95. The number of hydrogen-bond donors (Lipinski definition) is 1. The van der Waals surface area contributed by atoms with Crippen molar-refractivity contribution in [3.8, 4) is 0 Å². The number of carboxylic acids is 1. The van der Waals surface area contributed by atoms with Crippen molar-refractivity contribution in [3.05, 3.63) is 0 Å². The third kappa shape index (κ3) is 3.99. The van der Waals surface area contributed by atoms with Gasteiger partial charge >= 0.3 is 11.9 Å². The van der Waals surface area contributed by atoms with E-state index in [0.29, 0.717) is 32.5 Å². The van der Waals surface area contributed by atoms with E-state index in [-0.39, 0.29) is 19.0 Å². The van der Waals surface area contributed by atoms with Crippen LogP contribution in [0.15, 0.2) is 0 Å². The molecular formula is C11H18N2O5. The Morgan fingerprint density at radius 2 is 1.67 bits per heavy atom. The molecule has 7 heteroatoms. The van der Waals surface area contributed by atoms with Gasteiger partial charge in [0.05, 0.1) is 0 Å². The monoisotopic (exact) mass is 258 g/mol. The van der Waals surface area contributed by atoms with Gasteiger partial charge in [-0.05, 0) is 6.42 Å². The first kappa shape index (κ1) is 14.4. The molecular weight excluding hydrogens is 240 g/mol. The van der Waals surface area contributed by atoms with Crippen molar-refractivity contribution in [3.63, 3.8) is 0 Å². The standard InChI is InChI=1S/C11H18N2O5/c1-18-8-2-3-9(14)12-4-6-13(7-5-12)10(15)11(16)17/h2-8H2,1H3,(H,16,17). The summed E-state index contributed by atoms with van der Waals surface area (Å²) in [5.74, 6) is -2.33. The Labute approximate surface area is 105 Å². The third-order valence-electron chi connectivity index (χ3n) is 2.84. The van der Waals surface area contributed by atoms with Crippen molar-refractivity contribution in [1.29, 1.82) is 0 Å². The number of methoxy groups -OCH3 is 1. The van der Waals surface area contributed by atoms with Gasteiger partial charge in [0.2, 0.25) is 5.91 Å². The van der Waals surface area contributed by atoms with Gasteiger partial charge in [-0.2, -0.15) is 0 Å². The van der Waals surface area contributed by atoms with Gasteiger partial charge in [0, 0.05) is 46.3 Å². The zero-order valence-corrected chi connectivity index (χ0v) is 10.4. The van der Waals surface area contributed by atoms with E-state index >= 15 is 0 Å². The topological polar surface area (TPSA) is 87.2 Å². The van der Waals surface area contributed by atoms with Crippen LogP contribution in [0.1, 0.15) is 12.8 Å². The minimum atomic E-state index is -1.45. The third-order valence-corrected chi connectivity index (χ3v) is 2.84. The van der Waals surface area contributed by atoms with E-state index in [1.54, 1.807) is 12.0 Å². The molecule has 7 nitrogen and oxygen atoms in total. The lowest BCUT2D eigenvalue weighted by Crippen LogP contribution is -2.52. The van der Waals surface area contributed by atoms with Crippen LogP contribution in [0.3, 0.4) is 0 Å². The van der Waals surface area contributed by atoms with E-state index in [0.717, 1.165) is 0 Å². The second-order valence-corrected chi connectivity index (χ2v) is 4.07. The predicted molar refractivity (Wildman–Crippen MR) is 61.9 cm³/mol. The van der Waals surface area contributed by atoms with Gasteiger partial charge in [-0.15, -0.1) is 0 Å². The minimum Gasteiger partial charge on any atom is -0.474 e. The Morgan fingerprint density at radius 1 is 1.11 bits per heavy atom. The van der Waals surface area contributed by atoms with Crippen LogP contribution in [0, 0.1) is 0 Å². The lowest BCUT2D eigenvalue weighted by atomic mass is 10.2. The number of carboxylic acid groups (broad SMARTS) is 1. The molecule has 1 fully saturated rings. The molecule has 1 heterocycles. The fourth-order valence-electron chi connectivity index (χ4n) is 1.82. The first-order valence-corrected chi connectivity index (χ1v) is 5.85. The molecule has 0 saturated carbocycles. The van der Waals surface area contributed by atoms with Gasteiger partial charge in [-0.25, -0.2) is 4.79 Å². The van der Waals surface area contributed by atoms with Gasteiger partial charge in [-0.3, -0.25) is 9.59 Å². The molecule has 0 atom stereocenters. The van der Waals surface area contributed by atoms with E-state index in [1.807, 2.05) is 0 Å². The number of rotatable bonds is 4. The zero-order chi connectivity index (χ0) is 13.5. The maximum atomic E-state index is 11.7. The van der Waals surface area contributed by atoms with Crippen LogP contribution >= 0.6 is 0 Å². The van der Waals surface area contributed by atoms with Crippen molar-refractivity contribution in [2.24, 2.45) is 0 Å². The average molecular weight is 258 g/mol. The highest BCUT2D eigenvalue weighted by molar-refractivity contribution is 6.31. The van der Waals surface area contributed by atoms with E-state index in [1.165, 1.54) is 4.90 Å². The number of amides is 2. The van der Waals surface area contributed by atoms with Crippen molar-refractivity contribution < 1.29 is 24.2 Å². The van der Waals surface area contributed by atoms with Crippen molar-refractivity contribution in [1.82, 2.24) is 9.80 Å².